The molecule has 0 amide bonds. The quantitative estimate of drug-likeness (QED) is 0.584. The molecule has 1 aromatic rings. The van der Waals surface area contributed by atoms with Gasteiger partial charge in [0.2, 0.25) is 0 Å². The molecule has 0 unspecified atom stereocenters. The Labute approximate surface area is 71.9 Å². The minimum Gasteiger partial charge on any atom is -0.254 e. The van der Waals surface area contributed by atoms with Gasteiger partial charge in [0.25, 0.3) is 0 Å². The zero-order chi connectivity index (χ0) is 8.60. The lowest BCUT2D eigenvalue weighted by atomic mass is 10.2. The highest BCUT2D eigenvalue weighted by molar-refractivity contribution is 5.63. The summed E-state index contributed by atoms with van der Waals surface area (Å²) >= 11 is 0. The predicted octanol–water partition coefficient (Wildman–Crippen LogP) is 1.47. The van der Waals surface area contributed by atoms with Crippen LogP contribution in [0.15, 0.2) is 24.5 Å². The fourth-order valence-electron chi connectivity index (χ4n) is 1.25. The molecule has 1 aliphatic rings. The smallest absolute Gasteiger partial charge is 0.122 e. The van der Waals surface area contributed by atoms with Crippen LogP contribution >= 0.6 is 0 Å². The van der Waals surface area contributed by atoms with Crippen molar-refractivity contribution in [3.05, 3.63) is 30.2 Å². The van der Waals surface area contributed by atoms with Crippen molar-refractivity contribution >= 4 is 11.8 Å². The Hall–Kier alpha value is -1.35. The molecule has 0 bridgehead atoms. The number of pyridine rings is 1. The highest BCUT2D eigenvalue weighted by atomic mass is 15.6. The van der Waals surface area contributed by atoms with E-state index in [0.29, 0.717) is 4.59 Å². The van der Waals surface area contributed by atoms with Gasteiger partial charge in [0.05, 0.1) is 19.8 Å². The summed E-state index contributed by atoms with van der Waals surface area (Å²) in [6, 6.07) is 3.97. The lowest BCUT2D eigenvalue weighted by Crippen LogP contribution is -2.41. The Morgan fingerprint density at radius 1 is 1.42 bits per heavy atom. The summed E-state index contributed by atoms with van der Waals surface area (Å²) in [5, 5.41) is 0. The number of hydrogen-bond donors (Lipinski definition) is 1. The highest BCUT2D eigenvalue weighted by Gasteiger charge is 2.18. The molecule has 0 saturated heterocycles. The molecule has 0 aliphatic carbocycles. The van der Waals surface area contributed by atoms with Gasteiger partial charge in [0.15, 0.2) is 0 Å². The molecule has 12 heavy (non-hydrogen) atoms. The number of nitrogens with zero attached hydrogens (tertiary/aromatic N) is 2. The van der Waals surface area contributed by atoms with E-state index in [2.05, 4.69) is 30.7 Å². The van der Waals surface area contributed by atoms with E-state index >= 15 is 0 Å². The van der Waals surface area contributed by atoms with Crippen molar-refractivity contribution in [2.24, 2.45) is 0 Å². The van der Waals surface area contributed by atoms with Crippen molar-refractivity contribution in [3.63, 3.8) is 0 Å². The molecule has 0 spiro atoms. The molecule has 2 rings (SSSR count). The fourth-order valence-corrected chi connectivity index (χ4v) is 1.25. The van der Waals surface area contributed by atoms with Crippen LogP contribution in [0.5, 0.6) is 0 Å². The Kier molecular flexibility index (Phi) is 1.41. The van der Waals surface area contributed by atoms with Gasteiger partial charge < -0.3 is 0 Å². The summed E-state index contributed by atoms with van der Waals surface area (Å²) in [6.07, 6.45) is 5.90. The number of hydrogen-bond acceptors (Lipinski definition) is 2. The Morgan fingerprint density at radius 2 is 2.25 bits per heavy atom. The van der Waals surface area contributed by atoms with Crippen LogP contribution in [0.1, 0.15) is 5.69 Å². The molecular formula is C9H12N3+. The largest absolute Gasteiger partial charge is 0.254 e. The number of anilines is 1. The minimum atomic E-state index is 0.665. The molecule has 0 atom stereocenters. The van der Waals surface area contributed by atoms with Gasteiger partial charge in [-0.1, -0.05) is 0 Å². The van der Waals surface area contributed by atoms with E-state index in [1.807, 2.05) is 18.2 Å². The van der Waals surface area contributed by atoms with E-state index in [4.69, 9.17) is 0 Å². The van der Waals surface area contributed by atoms with Crippen molar-refractivity contribution < 1.29 is 4.59 Å². The zero-order valence-electron chi connectivity index (χ0n) is 7.28. The lowest BCUT2D eigenvalue weighted by Gasteiger charge is -2.29. The maximum atomic E-state index is 4.23. The predicted molar refractivity (Wildman–Crippen MR) is 49.0 cm³/mol. The van der Waals surface area contributed by atoms with E-state index in [9.17, 15) is 0 Å². The monoisotopic (exact) mass is 162 g/mol. The first-order chi connectivity index (χ1) is 5.67. The minimum absolute atomic E-state index is 0.665. The molecule has 1 N–H and O–H groups in total. The van der Waals surface area contributed by atoms with Crippen LogP contribution in [0.2, 0.25) is 0 Å². The molecule has 2 heterocycles. The number of quaternary nitrogens is 1. The Bertz CT molecular complexity index is 328. The lowest BCUT2D eigenvalue weighted by molar-refractivity contribution is -0.815. The van der Waals surface area contributed by atoms with E-state index in [-0.39, 0.29) is 0 Å². The van der Waals surface area contributed by atoms with Gasteiger partial charge in [0, 0.05) is 12.3 Å². The molecular weight excluding hydrogens is 150 g/mol. The summed E-state index contributed by atoms with van der Waals surface area (Å²) < 4.78 is 0.665. The fraction of sp³-hybridized carbons (Fsp3) is 0.222. The van der Waals surface area contributed by atoms with Crippen molar-refractivity contribution in [3.8, 4) is 0 Å². The van der Waals surface area contributed by atoms with Gasteiger partial charge in [0.1, 0.15) is 11.9 Å². The molecule has 0 radical (unpaired) electrons. The third-order valence-electron chi connectivity index (χ3n) is 1.85. The van der Waals surface area contributed by atoms with Crippen LogP contribution in [0.3, 0.4) is 0 Å². The van der Waals surface area contributed by atoms with E-state index in [0.717, 1.165) is 11.4 Å². The second-order valence-electron chi connectivity index (χ2n) is 3.40. The number of rotatable bonds is 0. The second kappa shape index (κ2) is 2.32. The van der Waals surface area contributed by atoms with Crippen LogP contribution in [0.25, 0.3) is 6.08 Å². The highest BCUT2D eigenvalue weighted by Crippen LogP contribution is 2.21. The molecule has 62 valence electrons. The number of fused-ring (bicyclic) bond motifs is 1. The first kappa shape index (κ1) is 7.31. The number of nitrogens with one attached hydrogen (secondary N) is 1. The van der Waals surface area contributed by atoms with Crippen LogP contribution in [-0.2, 0) is 0 Å². The Balaban J connectivity index is 2.46. The van der Waals surface area contributed by atoms with E-state index in [1.54, 1.807) is 6.20 Å². The topological polar surface area (TPSA) is 24.9 Å². The van der Waals surface area contributed by atoms with Gasteiger partial charge >= 0.3 is 0 Å². The number of aromatic nitrogens is 1. The molecule has 3 nitrogen and oxygen atoms in total. The van der Waals surface area contributed by atoms with Crippen molar-refractivity contribution in [2.75, 3.05) is 19.5 Å². The summed E-state index contributed by atoms with van der Waals surface area (Å²) in [4.78, 5) is 4.23. The van der Waals surface area contributed by atoms with Crippen molar-refractivity contribution in [1.82, 2.24) is 4.98 Å². The van der Waals surface area contributed by atoms with Crippen molar-refractivity contribution in [2.45, 2.75) is 0 Å². The van der Waals surface area contributed by atoms with Crippen LogP contribution in [0.4, 0.5) is 5.69 Å². The van der Waals surface area contributed by atoms with Gasteiger partial charge in [-0.15, -0.1) is 0 Å². The first-order valence-electron chi connectivity index (χ1n) is 3.94. The Morgan fingerprint density at radius 3 is 3.08 bits per heavy atom. The van der Waals surface area contributed by atoms with Gasteiger partial charge in [-0.3, -0.25) is 4.98 Å². The van der Waals surface area contributed by atoms with E-state index in [1.165, 1.54) is 0 Å². The van der Waals surface area contributed by atoms with Crippen LogP contribution in [0, 0.1) is 0 Å². The zero-order valence-corrected chi connectivity index (χ0v) is 7.28. The van der Waals surface area contributed by atoms with Crippen molar-refractivity contribution in [1.29, 1.82) is 0 Å². The van der Waals surface area contributed by atoms with Gasteiger partial charge in [-0.2, -0.15) is 0 Å². The van der Waals surface area contributed by atoms with Gasteiger partial charge in [-0.05, 0) is 12.1 Å². The first-order valence-corrected chi connectivity index (χ1v) is 3.94. The standard InChI is InChI=1S/C9H12N3/c1-12(2)7-5-8-9(11-12)4-3-6-10-8/h3-7,11H,1-2H3/q+1. The van der Waals surface area contributed by atoms with Gasteiger partial charge in [-0.25, -0.2) is 10.0 Å². The third kappa shape index (κ3) is 1.19. The maximum absolute atomic E-state index is 4.23. The molecule has 0 saturated carbocycles. The maximum Gasteiger partial charge on any atom is 0.122 e. The summed E-state index contributed by atoms with van der Waals surface area (Å²) in [5.41, 5.74) is 5.42. The SMILES string of the molecule is C[N+]1(C)C=Cc2ncccc2N1. The molecule has 1 aromatic heterocycles. The average molecular weight is 162 g/mol. The van der Waals surface area contributed by atoms with Crippen LogP contribution < -0.4 is 5.43 Å². The molecule has 3 heteroatoms. The molecule has 0 aromatic carbocycles. The van der Waals surface area contributed by atoms with E-state index < -0.39 is 0 Å². The second-order valence-corrected chi connectivity index (χ2v) is 3.40. The third-order valence-corrected chi connectivity index (χ3v) is 1.85. The average Bonchev–Trinajstić information content (AvgIpc) is 2.02. The molecule has 1 aliphatic heterocycles. The molecule has 0 fully saturated rings. The van der Waals surface area contributed by atoms with Crippen LogP contribution in [-0.4, -0.2) is 23.7 Å². The summed E-state index contributed by atoms with van der Waals surface area (Å²) in [7, 11) is 4.15. The summed E-state index contributed by atoms with van der Waals surface area (Å²) in [5.74, 6) is 0. The summed E-state index contributed by atoms with van der Waals surface area (Å²) in [6.45, 7) is 0. The normalized spacial score (nSPS) is 18.2.